The number of hydrogen-bond donors (Lipinski definition) is 3. The summed E-state index contributed by atoms with van der Waals surface area (Å²) in [7, 11) is 2.30. The van der Waals surface area contributed by atoms with Crippen molar-refractivity contribution in [2.45, 2.75) is 71.1 Å². The van der Waals surface area contributed by atoms with Gasteiger partial charge in [-0.25, -0.2) is 4.98 Å². The molecule has 0 bridgehead atoms. The van der Waals surface area contributed by atoms with Gasteiger partial charge >= 0.3 is 19.0 Å². The lowest BCUT2D eigenvalue weighted by Crippen LogP contribution is -2.60. The molecular formula is C30H41BN4O7. The maximum Gasteiger partial charge on any atom is 0.475 e. The van der Waals surface area contributed by atoms with E-state index in [1.807, 2.05) is 44.2 Å². The Morgan fingerprint density at radius 1 is 1.07 bits per heavy atom. The first-order valence-electron chi connectivity index (χ1n) is 14.2. The summed E-state index contributed by atoms with van der Waals surface area (Å²) in [6, 6.07) is 12.5. The van der Waals surface area contributed by atoms with Crippen LogP contribution >= 0.6 is 0 Å². The van der Waals surface area contributed by atoms with E-state index in [4.69, 9.17) is 9.39 Å². The van der Waals surface area contributed by atoms with Crippen LogP contribution in [-0.4, -0.2) is 84.0 Å². The van der Waals surface area contributed by atoms with Gasteiger partial charge in [0.15, 0.2) is 0 Å². The van der Waals surface area contributed by atoms with E-state index in [1.54, 1.807) is 30.9 Å². The number of benzene rings is 1. The normalized spacial score (nSPS) is 18.1. The molecule has 0 aliphatic carbocycles. The van der Waals surface area contributed by atoms with E-state index in [2.05, 4.69) is 15.6 Å². The fourth-order valence-electron chi connectivity index (χ4n) is 5.02. The number of hydrogen-bond acceptors (Lipinski definition) is 9. The minimum Gasteiger partial charge on any atom is -0.517 e. The van der Waals surface area contributed by atoms with E-state index in [0.29, 0.717) is 25.0 Å². The highest BCUT2D eigenvalue weighted by Crippen LogP contribution is 2.24. The Morgan fingerprint density at radius 3 is 2.38 bits per heavy atom. The van der Waals surface area contributed by atoms with E-state index in [9.17, 15) is 24.3 Å². The van der Waals surface area contributed by atoms with Gasteiger partial charge in [-0.1, -0.05) is 57.2 Å². The highest BCUT2D eigenvalue weighted by atomic mass is 16.5. The second-order valence-corrected chi connectivity index (χ2v) is 11.2. The van der Waals surface area contributed by atoms with Crippen molar-refractivity contribution < 1.29 is 33.7 Å². The van der Waals surface area contributed by atoms with Crippen molar-refractivity contribution in [1.82, 2.24) is 20.4 Å². The Labute approximate surface area is 247 Å². The number of nitrogens with zero attached hydrogens (tertiary/aromatic N) is 2. The molecule has 2 amide bonds. The lowest BCUT2D eigenvalue weighted by Gasteiger charge is -2.29. The third-order valence-corrected chi connectivity index (χ3v) is 7.38. The van der Waals surface area contributed by atoms with Crippen LogP contribution in [0.2, 0.25) is 0 Å². The fourth-order valence-corrected chi connectivity index (χ4v) is 5.02. The van der Waals surface area contributed by atoms with Crippen LogP contribution in [0.25, 0.3) is 11.3 Å². The first-order valence-corrected chi connectivity index (χ1v) is 14.2. The zero-order valence-corrected chi connectivity index (χ0v) is 25.1. The van der Waals surface area contributed by atoms with Gasteiger partial charge in [0.1, 0.15) is 11.7 Å². The minimum atomic E-state index is -1.28. The molecule has 1 aromatic heterocycles. The standard InChI is InChI=1S/C30H41BN4O7/c1-18(2)17-25(31-35(5)24(30(40)42-31)16-15-19(3)29(39)41-6)33-28(38)26(20(4)36)34-27(37)23-14-10-13-22(32-23)21-11-8-7-9-12-21/h7-14,18-20,24-26,36H,15-17H2,1-6H3,(H,33,38)(H,34,37)/t19-,20+,24+,25-,26-/m0/s1. The largest absolute Gasteiger partial charge is 0.517 e. The van der Waals surface area contributed by atoms with Gasteiger partial charge in [-0.05, 0) is 51.3 Å². The number of aliphatic hydroxyl groups excluding tert-OH is 1. The quantitative estimate of drug-likeness (QED) is 0.240. The molecule has 5 atom stereocenters. The zero-order valence-electron chi connectivity index (χ0n) is 25.1. The molecule has 2 aromatic rings. The summed E-state index contributed by atoms with van der Waals surface area (Å²) in [4.78, 5) is 57.4. The van der Waals surface area contributed by atoms with Crippen LogP contribution in [0.3, 0.4) is 0 Å². The van der Waals surface area contributed by atoms with Crippen molar-refractivity contribution in [3.8, 4) is 11.3 Å². The van der Waals surface area contributed by atoms with Crippen LogP contribution < -0.4 is 10.6 Å². The summed E-state index contributed by atoms with van der Waals surface area (Å²) in [6.45, 7) is 7.11. The topological polar surface area (TPSA) is 147 Å². The summed E-state index contributed by atoms with van der Waals surface area (Å²) in [6.07, 6.45) is 0.0644. The molecule has 1 saturated heterocycles. The second kappa shape index (κ2) is 14.9. The molecule has 3 rings (SSSR count). The molecule has 11 nitrogen and oxygen atoms in total. The highest BCUT2D eigenvalue weighted by Gasteiger charge is 2.49. The third-order valence-electron chi connectivity index (χ3n) is 7.38. The number of rotatable bonds is 13. The number of methoxy groups -OCH3 is 1. The molecular weight excluding hydrogens is 539 g/mol. The summed E-state index contributed by atoms with van der Waals surface area (Å²) in [5.74, 6) is -2.88. The van der Waals surface area contributed by atoms with E-state index >= 15 is 0 Å². The van der Waals surface area contributed by atoms with Gasteiger partial charge in [0.25, 0.3) is 5.91 Å². The van der Waals surface area contributed by atoms with Crippen molar-refractivity contribution in [1.29, 1.82) is 0 Å². The number of likely N-dealkylation sites (N-methyl/N-ethyl adjacent to an activating group) is 1. The molecule has 12 heteroatoms. The predicted molar refractivity (Wildman–Crippen MR) is 158 cm³/mol. The molecule has 226 valence electrons. The van der Waals surface area contributed by atoms with E-state index in [-0.39, 0.29) is 23.5 Å². The number of aliphatic hydroxyl groups is 1. The molecule has 3 N–H and O–H groups in total. The predicted octanol–water partition coefficient (Wildman–Crippen LogP) is 2.23. The average molecular weight is 580 g/mol. The van der Waals surface area contributed by atoms with Crippen LogP contribution in [-0.2, 0) is 23.8 Å². The smallest absolute Gasteiger partial charge is 0.475 e. The van der Waals surface area contributed by atoms with Gasteiger partial charge in [0.05, 0.1) is 36.8 Å². The zero-order chi connectivity index (χ0) is 31.0. The van der Waals surface area contributed by atoms with Crippen LogP contribution in [0.15, 0.2) is 48.5 Å². The molecule has 1 aliphatic heterocycles. The van der Waals surface area contributed by atoms with E-state index < -0.39 is 49.0 Å². The van der Waals surface area contributed by atoms with Crippen LogP contribution in [0.4, 0.5) is 0 Å². The SMILES string of the molecule is COC(=O)[C@@H](C)CC[C@@H]1C(=O)OB([C@H](CC(C)C)NC(=O)[C@@H](NC(=O)c2cccc(-c3ccccc3)n2)[C@@H](C)O)N1C. The van der Waals surface area contributed by atoms with Crippen LogP contribution in [0.1, 0.15) is 57.4 Å². The lowest BCUT2D eigenvalue weighted by atomic mass is 9.67. The first kappa shape index (κ1) is 32.7. The number of pyridine rings is 1. The second-order valence-electron chi connectivity index (χ2n) is 11.2. The van der Waals surface area contributed by atoms with Gasteiger partial charge in [-0.3, -0.25) is 24.0 Å². The number of ether oxygens (including phenoxy) is 1. The number of amides is 2. The average Bonchev–Trinajstić information content (AvgIpc) is 3.26. The summed E-state index contributed by atoms with van der Waals surface area (Å²) >= 11 is 0. The molecule has 0 radical (unpaired) electrons. The number of esters is 1. The Balaban J connectivity index is 1.72. The molecule has 42 heavy (non-hydrogen) atoms. The van der Waals surface area contributed by atoms with Gasteiger partial charge < -0.3 is 25.1 Å². The van der Waals surface area contributed by atoms with Gasteiger partial charge in [0, 0.05) is 5.56 Å². The van der Waals surface area contributed by atoms with Crippen molar-refractivity contribution in [3.63, 3.8) is 0 Å². The lowest BCUT2D eigenvalue weighted by molar-refractivity contribution is -0.145. The van der Waals surface area contributed by atoms with Gasteiger partial charge in [-0.15, -0.1) is 0 Å². The molecule has 1 aliphatic rings. The summed E-state index contributed by atoms with van der Waals surface area (Å²) < 4.78 is 10.5. The molecule has 1 fully saturated rings. The van der Waals surface area contributed by atoms with Crippen LogP contribution in [0, 0.1) is 11.8 Å². The highest BCUT2D eigenvalue weighted by molar-refractivity contribution is 6.55. The third kappa shape index (κ3) is 8.39. The van der Waals surface area contributed by atoms with Gasteiger partial charge in [-0.2, -0.15) is 0 Å². The molecule has 2 heterocycles. The Hall–Kier alpha value is -3.77. The van der Waals surface area contributed by atoms with Crippen LogP contribution in [0.5, 0.6) is 0 Å². The summed E-state index contributed by atoms with van der Waals surface area (Å²) in [5.41, 5.74) is 1.53. The Bertz CT molecular complexity index is 1240. The number of carbonyl (C=O) groups excluding carboxylic acids is 4. The minimum absolute atomic E-state index is 0.0991. The molecule has 0 spiro atoms. The number of nitrogens with one attached hydrogen (secondary N) is 2. The monoisotopic (exact) mass is 580 g/mol. The first-order chi connectivity index (χ1) is 19.9. The van der Waals surface area contributed by atoms with E-state index in [0.717, 1.165) is 5.56 Å². The maximum atomic E-state index is 13.5. The summed E-state index contributed by atoms with van der Waals surface area (Å²) in [5, 5.41) is 16.0. The van der Waals surface area contributed by atoms with Crippen molar-refractivity contribution in [2.24, 2.45) is 11.8 Å². The molecule has 0 saturated carbocycles. The molecule has 0 unspecified atom stereocenters. The molecule has 1 aromatic carbocycles. The van der Waals surface area contributed by atoms with E-state index in [1.165, 1.54) is 20.1 Å². The maximum absolute atomic E-state index is 13.5. The number of aromatic nitrogens is 1. The number of carbonyl (C=O) groups is 4. The Morgan fingerprint density at radius 2 is 1.76 bits per heavy atom. The van der Waals surface area contributed by atoms with Crippen molar-refractivity contribution in [3.05, 3.63) is 54.2 Å². The Kier molecular flexibility index (Phi) is 11.6. The van der Waals surface area contributed by atoms with Gasteiger partial charge in [0.2, 0.25) is 5.91 Å². The van der Waals surface area contributed by atoms with Crippen molar-refractivity contribution in [2.75, 3.05) is 14.2 Å². The van der Waals surface area contributed by atoms with Crippen molar-refractivity contribution >= 4 is 30.8 Å². The fraction of sp³-hybridized carbons (Fsp3) is 0.500.